The molecule has 2 rings (SSSR count). The molecule has 0 bridgehead atoms. The molecule has 5 nitrogen and oxygen atoms in total. The number of halogens is 1. The summed E-state index contributed by atoms with van der Waals surface area (Å²) in [5.74, 6) is -0.370. The van der Waals surface area contributed by atoms with E-state index in [0.717, 1.165) is 0 Å². The van der Waals surface area contributed by atoms with Gasteiger partial charge in [0.2, 0.25) is 0 Å². The SMILES string of the molecule is O=C(O)[C@@H]1CCN(c2ccc(Cl)nn2)C1. The Balaban J connectivity index is 2.07. The summed E-state index contributed by atoms with van der Waals surface area (Å²) in [4.78, 5) is 12.7. The van der Waals surface area contributed by atoms with Gasteiger partial charge in [-0.3, -0.25) is 4.79 Å². The zero-order valence-electron chi connectivity index (χ0n) is 7.93. The van der Waals surface area contributed by atoms with Gasteiger partial charge in [-0.1, -0.05) is 11.6 Å². The second kappa shape index (κ2) is 4.02. The van der Waals surface area contributed by atoms with E-state index in [1.807, 2.05) is 4.90 Å². The number of anilines is 1. The van der Waals surface area contributed by atoms with Gasteiger partial charge < -0.3 is 10.0 Å². The number of carboxylic acids is 1. The van der Waals surface area contributed by atoms with Crippen LogP contribution in [0.2, 0.25) is 5.15 Å². The fourth-order valence-electron chi connectivity index (χ4n) is 1.65. The molecule has 0 aliphatic carbocycles. The summed E-state index contributed by atoms with van der Waals surface area (Å²) in [5.41, 5.74) is 0. The molecule has 1 atom stereocenters. The van der Waals surface area contributed by atoms with Crippen LogP contribution in [0.3, 0.4) is 0 Å². The molecule has 1 saturated heterocycles. The third-order valence-electron chi connectivity index (χ3n) is 2.48. The maximum absolute atomic E-state index is 10.7. The lowest BCUT2D eigenvalue weighted by molar-refractivity contribution is -0.140. The van der Waals surface area contributed by atoms with E-state index in [-0.39, 0.29) is 5.92 Å². The third kappa shape index (κ3) is 2.18. The molecule has 80 valence electrons. The first-order chi connectivity index (χ1) is 7.16. The molecule has 0 spiro atoms. The summed E-state index contributed by atoms with van der Waals surface area (Å²) in [6.45, 7) is 1.19. The molecule has 1 aliphatic rings. The van der Waals surface area contributed by atoms with Crippen molar-refractivity contribution in [3.63, 3.8) is 0 Å². The third-order valence-corrected chi connectivity index (χ3v) is 2.68. The van der Waals surface area contributed by atoms with Crippen molar-refractivity contribution >= 4 is 23.4 Å². The average Bonchev–Trinajstić information content (AvgIpc) is 2.68. The van der Waals surface area contributed by atoms with E-state index in [0.29, 0.717) is 30.5 Å². The highest BCUT2D eigenvalue weighted by Gasteiger charge is 2.28. The number of rotatable bonds is 2. The normalized spacial score (nSPS) is 20.6. The fraction of sp³-hybridized carbons (Fsp3) is 0.444. The minimum Gasteiger partial charge on any atom is -0.481 e. The van der Waals surface area contributed by atoms with E-state index in [1.54, 1.807) is 12.1 Å². The van der Waals surface area contributed by atoms with Crippen LogP contribution in [-0.2, 0) is 4.79 Å². The molecular weight excluding hydrogens is 218 g/mol. The van der Waals surface area contributed by atoms with Crippen LogP contribution >= 0.6 is 11.6 Å². The molecule has 15 heavy (non-hydrogen) atoms. The van der Waals surface area contributed by atoms with Gasteiger partial charge in [0, 0.05) is 13.1 Å². The number of carbonyl (C=O) groups is 1. The highest BCUT2D eigenvalue weighted by Crippen LogP contribution is 2.22. The zero-order chi connectivity index (χ0) is 10.8. The Kier molecular flexibility index (Phi) is 2.73. The maximum atomic E-state index is 10.7. The van der Waals surface area contributed by atoms with E-state index in [9.17, 15) is 4.79 Å². The van der Waals surface area contributed by atoms with Crippen molar-refractivity contribution in [3.8, 4) is 0 Å². The Bertz CT molecular complexity index is 368. The van der Waals surface area contributed by atoms with Crippen molar-refractivity contribution in [2.45, 2.75) is 6.42 Å². The van der Waals surface area contributed by atoms with Gasteiger partial charge in [0.15, 0.2) is 11.0 Å². The number of hydrogen-bond donors (Lipinski definition) is 1. The van der Waals surface area contributed by atoms with Gasteiger partial charge in [0.1, 0.15) is 0 Å². The predicted octanol–water partition coefficient (Wildman–Crippen LogP) is 1.04. The summed E-state index contributed by atoms with van der Waals surface area (Å²) in [6.07, 6.45) is 0.652. The smallest absolute Gasteiger partial charge is 0.308 e. The molecule has 0 aromatic carbocycles. The molecule has 0 amide bonds. The molecule has 1 fully saturated rings. The fourth-order valence-corrected chi connectivity index (χ4v) is 1.75. The lowest BCUT2D eigenvalue weighted by Crippen LogP contribution is -2.23. The van der Waals surface area contributed by atoms with Crippen LogP contribution in [0.5, 0.6) is 0 Å². The van der Waals surface area contributed by atoms with Crippen LogP contribution in [-0.4, -0.2) is 34.4 Å². The van der Waals surface area contributed by atoms with Crippen molar-refractivity contribution in [1.82, 2.24) is 10.2 Å². The van der Waals surface area contributed by atoms with E-state index in [1.165, 1.54) is 0 Å². The predicted molar refractivity (Wildman–Crippen MR) is 55.0 cm³/mol. The standard InChI is InChI=1S/C9H10ClN3O2/c10-7-1-2-8(12-11-7)13-4-3-6(5-13)9(14)15/h1-2,6H,3-5H2,(H,14,15)/t6-/m1/s1. The topological polar surface area (TPSA) is 66.3 Å². The molecule has 0 unspecified atom stereocenters. The van der Waals surface area contributed by atoms with Gasteiger partial charge in [-0.25, -0.2) is 0 Å². The largest absolute Gasteiger partial charge is 0.481 e. The molecule has 1 N–H and O–H groups in total. The van der Waals surface area contributed by atoms with Gasteiger partial charge >= 0.3 is 5.97 Å². The van der Waals surface area contributed by atoms with E-state index in [2.05, 4.69) is 10.2 Å². The number of hydrogen-bond acceptors (Lipinski definition) is 4. The van der Waals surface area contributed by atoms with Gasteiger partial charge in [-0.05, 0) is 18.6 Å². The molecule has 1 aromatic rings. The van der Waals surface area contributed by atoms with Gasteiger partial charge in [0.05, 0.1) is 5.92 Å². The van der Waals surface area contributed by atoms with Crippen molar-refractivity contribution in [2.75, 3.05) is 18.0 Å². The average molecular weight is 228 g/mol. The minimum absolute atomic E-state index is 0.303. The number of nitrogens with zero attached hydrogens (tertiary/aromatic N) is 3. The van der Waals surface area contributed by atoms with Crippen LogP contribution in [0.25, 0.3) is 0 Å². The van der Waals surface area contributed by atoms with Crippen molar-refractivity contribution in [2.24, 2.45) is 5.92 Å². The summed E-state index contributed by atoms with van der Waals surface area (Å²) >= 11 is 5.61. The number of aromatic nitrogens is 2. The van der Waals surface area contributed by atoms with Crippen molar-refractivity contribution in [1.29, 1.82) is 0 Å². The van der Waals surface area contributed by atoms with Crippen molar-refractivity contribution < 1.29 is 9.90 Å². The molecule has 0 saturated carbocycles. The van der Waals surface area contributed by atoms with Crippen molar-refractivity contribution in [3.05, 3.63) is 17.3 Å². The lowest BCUT2D eigenvalue weighted by atomic mass is 10.1. The quantitative estimate of drug-likeness (QED) is 0.818. The highest BCUT2D eigenvalue weighted by atomic mass is 35.5. The van der Waals surface area contributed by atoms with Gasteiger partial charge in [-0.15, -0.1) is 10.2 Å². The first-order valence-electron chi connectivity index (χ1n) is 4.64. The van der Waals surface area contributed by atoms with Crippen LogP contribution in [0, 0.1) is 5.92 Å². The van der Waals surface area contributed by atoms with Crippen LogP contribution in [0.1, 0.15) is 6.42 Å². The second-order valence-corrected chi connectivity index (χ2v) is 3.87. The van der Waals surface area contributed by atoms with Crippen LogP contribution in [0.15, 0.2) is 12.1 Å². The Morgan fingerprint density at radius 2 is 2.33 bits per heavy atom. The van der Waals surface area contributed by atoms with E-state index >= 15 is 0 Å². The summed E-state index contributed by atoms with van der Waals surface area (Å²) < 4.78 is 0. The zero-order valence-corrected chi connectivity index (χ0v) is 8.68. The first-order valence-corrected chi connectivity index (χ1v) is 5.01. The van der Waals surface area contributed by atoms with Crippen LogP contribution in [0.4, 0.5) is 5.82 Å². The van der Waals surface area contributed by atoms with Crippen LogP contribution < -0.4 is 4.90 Å². The van der Waals surface area contributed by atoms with Gasteiger partial charge in [0.25, 0.3) is 0 Å². The first kappa shape index (κ1) is 10.2. The van der Waals surface area contributed by atoms with E-state index < -0.39 is 5.97 Å². The molecule has 1 aromatic heterocycles. The minimum atomic E-state index is -0.751. The number of aliphatic carboxylic acids is 1. The Hall–Kier alpha value is -1.36. The Labute approximate surface area is 91.7 Å². The van der Waals surface area contributed by atoms with Gasteiger partial charge in [-0.2, -0.15) is 0 Å². The Morgan fingerprint density at radius 3 is 2.87 bits per heavy atom. The summed E-state index contributed by atoms with van der Waals surface area (Å²) in [6, 6.07) is 3.40. The molecule has 0 radical (unpaired) electrons. The molecule has 6 heteroatoms. The maximum Gasteiger partial charge on any atom is 0.308 e. The summed E-state index contributed by atoms with van der Waals surface area (Å²) in [5, 5.41) is 16.8. The highest BCUT2D eigenvalue weighted by molar-refractivity contribution is 6.29. The number of carboxylic acid groups (broad SMARTS) is 1. The Morgan fingerprint density at radius 1 is 1.53 bits per heavy atom. The second-order valence-electron chi connectivity index (χ2n) is 3.48. The lowest BCUT2D eigenvalue weighted by Gasteiger charge is -2.15. The molecule has 1 aliphatic heterocycles. The monoisotopic (exact) mass is 227 g/mol. The summed E-state index contributed by atoms with van der Waals surface area (Å²) in [7, 11) is 0. The van der Waals surface area contributed by atoms with E-state index in [4.69, 9.17) is 16.7 Å². The molecule has 2 heterocycles. The molecular formula is C9H10ClN3O2.